The lowest BCUT2D eigenvalue weighted by Gasteiger charge is -2.06. The number of carbonyl (C=O) groups excluding carboxylic acids is 1. The number of rotatable bonds is 8. The van der Waals surface area contributed by atoms with Gasteiger partial charge in [-0.25, -0.2) is 4.68 Å². The summed E-state index contributed by atoms with van der Waals surface area (Å²) in [7, 11) is 0. The molecule has 2 heterocycles. The molecule has 4 rings (SSSR count). The summed E-state index contributed by atoms with van der Waals surface area (Å²) in [5, 5.41) is 8.16. The smallest absolute Gasteiger partial charge is 0.291 e. The van der Waals surface area contributed by atoms with Crippen molar-refractivity contribution in [2.24, 2.45) is 0 Å². The van der Waals surface area contributed by atoms with Crippen LogP contribution >= 0.6 is 23.2 Å². The van der Waals surface area contributed by atoms with Gasteiger partial charge in [-0.1, -0.05) is 29.3 Å². The van der Waals surface area contributed by atoms with Crippen LogP contribution in [0.15, 0.2) is 71.4 Å². The standard InChI is InChI=1S/C23H19Cl2N3O4/c1-15-9-19(5-7-21(15)25)30-13-20-6-8-22(32-20)23(29)27-17-11-26-28(12-17)14-31-18-4-2-3-16(24)10-18/h2-12H,13-14H2,1H3,(H,27,29). The van der Waals surface area contributed by atoms with E-state index in [0.717, 1.165) is 5.56 Å². The first-order chi connectivity index (χ1) is 15.5. The fourth-order valence-electron chi connectivity index (χ4n) is 2.83. The van der Waals surface area contributed by atoms with Crippen LogP contribution in [0.25, 0.3) is 0 Å². The number of hydrogen-bond donors (Lipinski definition) is 1. The van der Waals surface area contributed by atoms with Crippen LogP contribution in [0.4, 0.5) is 5.69 Å². The zero-order valence-electron chi connectivity index (χ0n) is 17.0. The summed E-state index contributed by atoms with van der Waals surface area (Å²) in [6.45, 7) is 2.26. The molecule has 0 aliphatic heterocycles. The minimum absolute atomic E-state index is 0.166. The lowest BCUT2D eigenvalue weighted by Crippen LogP contribution is -2.10. The summed E-state index contributed by atoms with van der Waals surface area (Å²) in [5.41, 5.74) is 1.43. The lowest BCUT2D eigenvalue weighted by atomic mass is 10.2. The Balaban J connectivity index is 1.29. The summed E-state index contributed by atoms with van der Waals surface area (Å²) in [4.78, 5) is 12.5. The summed E-state index contributed by atoms with van der Waals surface area (Å²) in [6, 6.07) is 15.7. The van der Waals surface area contributed by atoms with Gasteiger partial charge in [0.25, 0.3) is 5.91 Å². The molecule has 0 fully saturated rings. The van der Waals surface area contributed by atoms with Gasteiger partial charge in [-0.2, -0.15) is 5.10 Å². The van der Waals surface area contributed by atoms with E-state index >= 15 is 0 Å². The molecule has 0 saturated carbocycles. The highest BCUT2D eigenvalue weighted by molar-refractivity contribution is 6.31. The average molecular weight is 472 g/mol. The first-order valence-electron chi connectivity index (χ1n) is 9.66. The van der Waals surface area contributed by atoms with Gasteiger partial charge >= 0.3 is 0 Å². The van der Waals surface area contributed by atoms with Gasteiger partial charge in [-0.3, -0.25) is 4.79 Å². The number of furan rings is 1. The number of hydrogen-bond acceptors (Lipinski definition) is 5. The maximum atomic E-state index is 12.5. The van der Waals surface area contributed by atoms with Crippen molar-refractivity contribution in [1.82, 2.24) is 9.78 Å². The van der Waals surface area contributed by atoms with Crippen molar-refractivity contribution < 1.29 is 18.7 Å². The topological polar surface area (TPSA) is 78.5 Å². The van der Waals surface area contributed by atoms with Crippen LogP contribution in [0.3, 0.4) is 0 Å². The number of nitrogens with one attached hydrogen (secondary N) is 1. The van der Waals surface area contributed by atoms with E-state index in [0.29, 0.717) is 33.0 Å². The van der Waals surface area contributed by atoms with Gasteiger partial charge in [0.1, 0.15) is 23.9 Å². The second-order valence-corrected chi connectivity index (χ2v) is 7.76. The summed E-state index contributed by atoms with van der Waals surface area (Å²) in [6.07, 6.45) is 3.17. The first-order valence-corrected chi connectivity index (χ1v) is 10.4. The van der Waals surface area contributed by atoms with Crippen LogP contribution < -0.4 is 14.8 Å². The van der Waals surface area contributed by atoms with E-state index in [1.807, 2.05) is 13.0 Å². The summed E-state index contributed by atoms with van der Waals surface area (Å²) < 4.78 is 18.5. The fourth-order valence-corrected chi connectivity index (χ4v) is 3.13. The SMILES string of the molecule is Cc1cc(OCc2ccc(C(=O)Nc3cnn(COc4cccc(Cl)c4)c3)o2)ccc1Cl. The largest absolute Gasteiger partial charge is 0.486 e. The molecule has 2 aromatic heterocycles. The molecule has 0 unspecified atom stereocenters. The van der Waals surface area contributed by atoms with Gasteiger partial charge in [0.15, 0.2) is 12.5 Å². The van der Waals surface area contributed by atoms with Crippen LogP contribution in [-0.4, -0.2) is 15.7 Å². The zero-order chi connectivity index (χ0) is 22.5. The van der Waals surface area contributed by atoms with Crippen LogP contribution in [0.2, 0.25) is 10.0 Å². The zero-order valence-corrected chi connectivity index (χ0v) is 18.6. The van der Waals surface area contributed by atoms with Gasteiger partial charge in [-0.05, 0) is 61.0 Å². The molecule has 7 nitrogen and oxygen atoms in total. The van der Waals surface area contributed by atoms with Gasteiger partial charge in [0.2, 0.25) is 0 Å². The highest BCUT2D eigenvalue weighted by Gasteiger charge is 2.13. The molecule has 9 heteroatoms. The molecule has 0 aliphatic rings. The molecule has 1 N–H and O–H groups in total. The molecule has 164 valence electrons. The molecule has 0 aliphatic carbocycles. The Morgan fingerprint density at radius 3 is 2.75 bits per heavy atom. The minimum atomic E-state index is -0.395. The number of ether oxygens (including phenoxy) is 2. The Kier molecular flexibility index (Phi) is 6.68. The Labute approximate surface area is 194 Å². The second-order valence-electron chi connectivity index (χ2n) is 6.92. The Hall–Kier alpha value is -3.42. The minimum Gasteiger partial charge on any atom is -0.486 e. The monoisotopic (exact) mass is 471 g/mol. The number of aromatic nitrogens is 2. The van der Waals surface area contributed by atoms with E-state index in [1.54, 1.807) is 59.4 Å². The number of nitrogens with zero attached hydrogens (tertiary/aromatic N) is 2. The first kappa shape index (κ1) is 21.8. The molecule has 0 atom stereocenters. The van der Waals surface area contributed by atoms with Crippen LogP contribution in [0.1, 0.15) is 21.9 Å². The van der Waals surface area contributed by atoms with Crippen molar-refractivity contribution in [2.45, 2.75) is 20.3 Å². The molecular weight excluding hydrogens is 453 g/mol. The van der Waals surface area contributed by atoms with E-state index in [2.05, 4.69) is 10.4 Å². The maximum Gasteiger partial charge on any atom is 0.291 e. The lowest BCUT2D eigenvalue weighted by molar-refractivity contribution is 0.0992. The number of halogens is 2. The highest BCUT2D eigenvalue weighted by Crippen LogP contribution is 2.22. The number of anilines is 1. The third kappa shape index (κ3) is 5.63. The predicted octanol–water partition coefficient (Wildman–Crippen LogP) is 5.96. The van der Waals surface area contributed by atoms with E-state index in [-0.39, 0.29) is 19.1 Å². The van der Waals surface area contributed by atoms with Crippen LogP contribution in [0.5, 0.6) is 11.5 Å². The van der Waals surface area contributed by atoms with Crippen molar-refractivity contribution in [3.63, 3.8) is 0 Å². The van der Waals surface area contributed by atoms with Crippen LogP contribution in [0, 0.1) is 6.92 Å². The fraction of sp³-hybridized carbons (Fsp3) is 0.130. The molecule has 0 saturated heterocycles. The Morgan fingerprint density at radius 2 is 1.94 bits per heavy atom. The molecule has 1 amide bonds. The number of amides is 1. The number of benzene rings is 2. The predicted molar refractivity (Wildman–Crippen MR) is 121 cm³/mol. The average Bonchev–Trinajstić information content (AvgIpc) is 3.43. The molecule has 0 spiro atoms. The second kappa shape index (κ2) is 9.80. The molecule has 32 heavy (non-hydrogen) atoms. The molecule has 0 radical (unpaired) electrons. The third-order valence-electron chi connectivity index (χ3n) is 4.45. The van der Waals surface area contributed by atoms with Crippen molar-refractivity contribution in [3.05, 3.63) is 94.1 Å². The maximum absolute atomic E-state index is 12.5. The number of carbonyl (C=O) groups is 1. The third-order valence-corrected chi connectivity index (χ3v) is 5.11. The van der Waals surface area contributed by atoms with E-state index in [4.69, 9.17) is 37.1 Å². The van der Waals surface area contributed by atoms with Crippen LogP contribution in [-0.2, 0) is 13.3 Å². The van der Waals surface area contributed by atoms with Gasteiger partial charge in [0, 0.05) is 10.0 Å². The molecule has 4 aromatic rings. The quantitative estimate of drug-likeness (QED) is 0.343. The van der Waals surface area contributed by atoms with Crippen molar-refractivity contribution in [3.8, 4) is 11.5 Å². The van der Waals surface area contributed by atoms with Crippen molar-refractivity contribution >= 4 is 34.8 Å². The van der Waals surface area contributed by atoms with Gasteiger partial charge < -0.3 is 19.2 Å². The highest BCUT2D eigenvalue weighted by atomic mass is 35.5. The van der Waals surface area contributed by atoms with Gasteiger partial charge in [-0.15, -0.1) is 0 Å². The Morgan fingerprint density at radius 1 is 1.09 bits per heavy atom. The van der Waals surface area contributed by atoms with E-state index < -0.39 is 5.91 Å². The van der Waals surface area contributed by atoms with Gasteiger partial charge in [0.05, 0.1) is 18.1 Å². The summed E-state index contributed by atoms with van der Waals surface area (Å²) in [5.74, 6) is 1.58. The number of aryl methyl sites for hydroxylation is 1. The molecule has 2 aromatic carbocycles. The van der Waals surface area contributed by atoms with Crippen molar-refractivity contribution in [2.75, 3.05) is 5.32 Å². The normalized spacial score (nSPS) is 10.7. The van der Waals surface area contributed by atoms with E-state index in [1.165, 1.54) is 6.20 Å². The summed E-state index contributed by atoms with van der Waals surface area (Å²) >= 11 is 12.0. The molecular formula is C23H19Cl2N3O4. The molecule has 0 bridgehead atoms. The Bertz CT molecular complexity index is 1240. The van der Waals surface area contributed by atoms with Crippen molar-refractivity contribution in [1.29, 1.82) is 0 Å². The van der Waals surface area contributed by atoms with E-state index in [9.17, 15) is 4.79 Å².